The molecule has 0 aliphatic heterocycles. The van der Waals surface area contributed by atoms with E-state index in [4.69, 9.17) is 16.3 Å². The maximum Gasteiger partial charge on any atom is 0.120 e. The predicted molar refractivity (Wildman–Crippen MR) is 95.8 cm³/mol. The number of hydrogen-bond acceptors (Lipinski definition) is 2. The Balaban J connectivity index is 1.53. The van der Waals surface area contributed by atoms with E-state index in [1.807, 2.05) is 60.8 Å². The van der Waals surface area contributed by atoms with Gasteiger partial charge in [-0.15, -0.1) is 0 Å². The minimum absolute atomic E-state index is 0.473. The molecule has 0 fully saturated rings. The van der Waals surface area contributed by atoms with Crippen molar-refractivity contribution in [1.82, 2.24) is 4.98 Å². The molecule has 0 saturated carbocycles. The monoisotopic (exact) mass is 339 g/mol. The van der Waals surface area contributed by atoms with Gasteiger partial charge in [-0.05, 0) is 30.3 Å². The Kier molecular flexibility index (Phi) is 5.83. The maximum absolute atomic E-state index is 6.16. The second kappa shape index (κ2) is 8.48. The third-order valence-electron chi connectivity index (χ3n) is 3.71. The first kappa shape index (κ1) is 16.5. The molecule has 0 aliphatic carbocycles. The van der Waals surface area contributed by atoms with Crippen LogP contribution in [0.3, 0.4) is 0 Å². The van der Waals surface area contributed by atoms with Gasteiger partial charge < -0.3 is 10.1 Å². The maximum atomic E-state index is 6.16. The van der Waals surface area contributed by atoms with Gasteiger partial charge in [0.15, 0.2) is 0 Å². The summed E-state index contributed by atoms with van der Waals surface area (Å²) in [6.07, 6.45) is 1.83. The average molecular weight is 340 g/mol. The van der Waals surface area contributed by atoms with Gasteiger partial charge in [0.25, 0.3) is 0 Å². The number of benzene rings is 2. The van der Waals surface area contributed by atoms with Crippen LogP contribution >= 0.6 is 11.6 Å². The molecule has 0 aliphatic rings. The fourth-order valence-corrected chi connectivity index (χ4v) is 2.63. The summed E-state index contributed by atoms with van der Waals surface area (Å²) in [4.78, 5) is 4.33. The molecule has 24 heavy (non-hydrogen) atoms. The lowest BCUT2D eigenvalue weighted by atomic mass is 10.2. The zero-order valence-corrected chi connectivity index (χ0v) is 14.1. The first-order chi connectivity index (χ1) is 11.8. The number of rotatable bonds is 7. The number of nitrogens with two attached hydrogens (primary N) is 1. The van der Waals surface area contributed by atoms with Crippen LogP contribution in [-0.4, -0.2) is 4.98 Å². The summed E-state index contributed by atoms with van der Waals surface area (Å²) in [6.45, 7) is 2.23. The summed E-state index contributed by atoms with van der Waals surface area (Å²) in [7, 11) is 0. The number of halogens is 1. The average Bonchev–Trinajstić information content (AvgIpc) is 2.62. The molecule has 0 unspecified atom stereocenters. The van der Waals surface area contributed by atoms with Crippen molar-refractivity contribution in [2.24, 2.45) is 0 Å². The van der Waals surface area contributed by atoms with E-state index >= 15 is 0 Å². The molecule has 2 N–H and O–H groups in total. The van der Waals surface area contributed by atoms with Crippen LogP contribution in [0.25, 0.3) is 0 Å². The van der Waals surface area contributed by atoms with Crippen molar-refractivity contribution >= 4 is 11.6 Å². The molecule has 0 bridgehead atoms. The van der Waals surface area contributed by atoms with Crippen molar-refractivity contribution in [3.8, 4) is 5.75 Å². The summed E-state index contributed by atoms with van der Waals surface area (Å²) < 4.78 is 5.87. The van der Waals surface area contributed by atoms with Crippen LogP contribution in [0.2, 0.25) is 5.02 Å². The van der Waals surface area contributed by atoms with Gasteiger partial charge in [-0.25, -0.2) is 0 Å². The molecule has 0 saturated heterocycles. The molecular formula is C20H20ClN2O+. The van der Waals surface area contributed by atoms with E-state index in [1.54, 1.807) is 0 Å². The Bertz CT molecular complexity index is 777. The molecule has 3 rings (SSSR count). The zero-order valence-electron chi connectivity index (χ0n) is 13.4. The SMILES string of the molecule is Clc1ccccc1COc1cccc(C[NH2+]Cc2ccccn2)c1. The van der Waals surface area contributed by atoms with Gasteiger partial charge in [0.1, 0.15) is 25.4 Å². The number of nitrogens with zero attached hydrogens (tertiary/aromatic N) is 1. The lowest BCUT2D eigenvalue weighted by molar-refractivity contribution is -0.686. The number of ether oxygens (including phenoxy) is 1. The Labute approximate surface area is 147 Å². The van der Waals surface area contributed by atoms with E-state index in [0.29, 0.717) is 6.61 Å². The first-order valence-corrected chi connectivity index (χ1v) is 8.36. The smallest absolute Gasteiger partial charge is 0.120 e. The second-order valence-electron chi connectivity index (χ2n) is 5.55. The Morgan fingerprint density at radius 1 is 0.917 bits per heavy atom. The fraction of sp³-hybridized carbons (Fsp3) is 0.150. The highest BCUT2D eigenvalue weighted by Crippen LogP contribution is 2.19. The third-order valence-corrected chi connectivity index (χ3v) is 4.08. The van der Waals surface area contributed by atoms with Crippen molar-refractivity contribution < 1.29 is 10.1 Å². The zero-order chi connectivity index (χ0) is 16.6. The third kappa shape index (κ3) is 4.82. The summed E-state index contributed by atoms with van der Waals surface area (Å²) in [6, 6.07) is 21.9. The molecule has 1 heterocycles. The van der Waals surface area contributed by atoms with Crippen LogP contribution in [-0.2, 0) is 19.7 Å². The van der Waals surface area contributed by atoms with Crippen molar-refractivity contribution in [1.29, 1.82) is 0 Å². The van der Waals surface area contributed by atoms with Gasteiger partial charge >= 0.3 is 0 Å². The van der Waals surface area contributed by atoms with Crippen molar-refractivity contribution in [2.45, 2.75) is 19.7 Å². The topological polar surface area (TPSA) is 38.7 Å². The minimum Gasteiger partial charge on any atom is -0.489 e. The molecular weight excluding hydrogens is 320 g/mol. The van der Waals surface area contributed by atoms with Gasteiger partial charge in [0, 0.05) is 22.3 Å². The number of aromatic nitrogens is 1. The molecule has 0 amide bonds. The molecule has 0 spiro atoms. The molecule has 122 valence electrons. The largest absolute Gasteiger partial charge is 0.489 e. The first-order valence-electron chi connectivity index (χ1n) is 7.98. The van der Waals surface area contributed by atoms with E-state index in [-0.39, 0.29) is 0 Å². The molecule has 4 heteroatoms. The van der Waals surface area contributed by atoms with Crippen LogP contribution in [0.4, 0.5) is 0 Å². The molecule has 3 aromatic rings. The van der Waals surface area contributed by atoms with Crippen LogP contribution in [0.1, 0.15) is 16.8 Å². The normalized spacial score (nSPS) is 10.5. The Morgan fingerprint density at radius 3 is 2.62 bits per heavy atom. The number of quaternary nitrogens is 1. The molecule has 3 nitrogen and oxygen atoms in total. The van der Waals surface area contributed by atoms with Gasteiger partial charge in [0.2, 0.25) is 0 Å². The van der Waals surface area contributed by atoms with Crippen molar-refractivity contribution in [3.63, 3.8) is 0 Å². The van der Waals surface area contributed by atoms with E-state index in [9.17, 15) is 0 Å². The van der Waals surface area contributed by atoms with E-state index in [1.165, 1.54) is 5.56 Å². The molecule has 2 aromatic carbocycles. The van der Waals surface area contributed by atoms with Crippen LogP contribution in [0, 0.1) is 0 Å². The second-order valence-corrected chi connectivity index (χ2v) is 5.95. The minimum atomic E-state index is 0.473. The van der Waals surface area contributed by atoms with E-state index < -0.39 is 0 Å². The lowest BCUT2D eigenvalue weighted by Gasteiger charge is -2.09. The lowest BCUT2D eigenvalue weighted by Crippen LogP contribution is -2.80. The summed E-state index contributed by atoms with van der Waals surface area (Å²) in [5, 5.41) is 2.97. The standard InChI is InChI=1S/C20H19ClN2O/c21-20-10-2-1-7-17(20)15-24-19-9-5-6-16(12-19)13-22-14-18-8-3-4-11-23-18/h1-12,22H,13-15H2/p+1. The fourth-order valence-electron chi connectivity index (χ4n) is 2.44. The number of pyridine rings is 1. The molecule has 1 aromatic heterocycles. The van der Waals surface area contributed by atoms with Crippen molar-refractivity contribution in [3.05, 3.63) is 94.8 Å². The van der Waals surface area contributed by atoms with Gasteiger partial charge in [-0.2, -0.15) is 0 Å². The number of hydrogen-bond donors (Lipinski definition) is 1. The predicted octanol–water partition coefficient (Wildman–Crippen LogP) is 3.58. The summed E-state index contributed by atoms with van der Waals surface area (Å²) >= 11 is 6.16. The van der Waals surface area contributed by atoms with Gasteiger partial charge in [-0.1, -0.05) is 48.0 Å². The van der Waals surface area contributed by atoms with Crippen molar-refractivity contribution in [2.75, 3.05) is 0 Å². The molecule has 0 radical (unpaired) electrons. The Morgan fingerprint density at radius 2 is 1.79 bits per heavy atom. The van der Waals surface area contributed by atoms with E-state index in [0.717, 1.165) is 35.1 Å². The molecule has 0 atom stereocenters. The van der Waals surface area contributed by atoms with Crippen LogP contribution < -0.4 is 10.1 Å². The highest BCUT2D eigenvalue weighted by molar-refractivity contribution is 6.31. The highest BCUT2D eigenvalue weighted by Gasteiger charge is 2.03. The van der Waals surface area contributed by atoms with Gasteiger partial charge in [-0.3, -0.25) is 4.98 Å². The van der Waals surface area contributed by atoms with Crippen LogP contribution in [0.5, 0.6) is 5.75 Å². The van der Waals surface area contributed by atoms with Gasteiger partial charge in [0.05, 0.1) is 5.69 Å². The van der Waals surface area contributed by atoms with Crippen LogP contribution in [0.15, 0.2) is 72.9 Å². The quantitative estimate of drug-likeness (QED) is 0.714. The Hall–Kier alpha value is -2.36. The summed E-state index contributed by atoms with van der Waals surface area (Å²) in [5.41, 5.74) is 3.30. The summed E-state index contributed by atoms with van der Waals surface area (Å²) in [5.74, 6) is 0.860. The van der Waals surface area contributed by atoms with E-state index in [2.05, 4.69) is 22.4 Å². The highest BCUT2D eigenvalue weighted by atomic mass is 35.5.